The van der Waals surface area contributed by atoms with Gasteiger partial charge in [-0.3, -0.25) is 0 Å². The van der Waals surface area contributed by atoms with Crippen molar-refractivity contribution in [3.63, 3.8) is 0 Å². The van der Waals surface area contributed by atoms with Crippen LogP contribution in [0.3, 0.4) is 0 Å². The summed E-state index contributed by atoms with van der Waals surface area (Å²) >= 11 is 7.28. The lowest BCUT2D eigenvalue weighted by Crippen LogP contribution is -2.56. The number of thiophene rings is 1. The molecule has 0 amide bonds. The maximum atomic E-state index is 10.9. The van der Waals surface area contributed by atoms with Crippen molar-refractivity contribution in [2.75, 3.05) is 6.61 Å². The number of nitriles is 1. The molecule has 1 aliphatic carbocycles. The molecule has 5 atom stereocenters. The number of fused-ring (bicyclic) bond motifs is 3. The van der Waals surface area contributed by atoms with Gasteiger partial charge in [-0.1, -0.05) is 42.5 Å². The largest absolute Gasteiger partial charge is 0.394 e. The van der Waals surface area contributed by atoms with E-state index in [1.807, 2.05) is 41.8 Å². The first-order valence-electron chi connectivity index (χ1n) is 10.6. The molecule has 0 unspecified atom stereocenters. The molecule has 2 aromatic heterocycles. The van der Waals surface area contributed by atoms with Gasteiger partial charge in [0.1, 0.15) is 35.1 Å². The topological polar surface area (TPSA) is 119 Å². The maximum Gasteiger partial charge on any atom is 0.164 e. The van der Waals surface area contributed by atoms with Crippen LogP contribution in [-0.4, -0.2) is 56.0 Å². The van der Waals surface area contributed by atoms with E-state index in [4.69, 9.17) is 17.0 Å². The highest BCUT2D eigenvalue weighted by Crippen LogP contribution is 2.45. The summed E-state index contributed by atoms with van der Waals surface area (Å²) in [6.07, 6.45) is -5.41. The summed E-state index contributed by atoms with van der Waals surface area (Å²) in [6, 6.07) is 14.0. The lowest BCUT2D eigenvalue weighted by atomic mass is 9.82. The van der Waals surface area contributed by atoms with Crippen molar-refractivity contribution in [3.05, 3.63) is 63.1 Å². The van der Waals surface area contributed by atoms with E-state index >= 15 is 0 Å². The van der Waals surface area contributed by atoms with Crippen LogP contribution in [0.2, 0.25) is 0 Å². The number of rotatable bonds is 3. The van der Waals surface area contributed by atoms with Crippen molar-refractivity contribution in [3.8, 4) is 27.8 Å². The zero-order chi connectivity index (χ0) is 23.3. The number of nitrogens with zero attached hydrogens (tertiary/aromatic N) is 2. The van der Waals surface area contributed by atoms with Crippen LogP contribution >= 0.6 is 23.6 Å². The monoisotopic (exact) mass is 482 g/mol. The number of ether oxygens (including phenoxy) is 1. The minimum Gasteiger partial charge on any atom is -0.394 e. The van der Waals surface area contributed by atoms with Gasteiger partial charge < -0.3 is 29.7 Å². The third kappa shape index (κ3) is 3.47. The molecule has 4 N–H and O–H groups in total. The first-order valence-corrected chi connectivity index (χ1v) is 11.9. The summed E-state index contributed by atoms with van der Waals surface area (Å²) < 4.78 is 7.62. The van der Waals surface area contributed by atoms with E-state index in [1.54, 1.807) is 4.57 Å². The molecule has 0 saturated carbocycles. The molecule has 7 nitrogen and oxygen atoms in total. The van der Waals surface area contributed by atoms with E-state index in [0.717, 1.165) is 33.6 Å². The summed E-state index contributed by atoms with van der Waals surface area (Å²) in [5.41, 5.74) is 4.80. The van der Waals surface area contributed by atoms with Crippen molar-refractivity contribution in [2.24, 2.45) is 0 Å². The highest BCUT2D eigenvalue weighted by Gasteiger charge is 2.45. The van der Waals surface area contributed by atoms with E-state index in [2.05, 4.69) is 6.07 Å². The minimum absolute atomic E-state index is 0.167. The van der Waals surface area contributed by atoms with E-state index in [9.17, 15) is 25.7 Å². The first kappa shape index (κ1) is 22.4. The fraction of sp³-hybridized carbons (Fsp3) is 0.333. The number of hydrogen-bond donors (Lipinski definition) is 4. The molecule has 0 bridgehead atoms. The van der Waals surface area contributed by atoms with Crippen LogP contribution in [-0.2, 0) is 17.6 Å². The molecule has 3 heterocycles. The number of benzene rings is 1. The third-order valence-electron chi connectivity index (χ3n) is 6.43. The van der Waals surface area contributed by atoms with Crippen molar-refractivity contribution in [2.45, 2.75) is 43.5 Å². The molecule has 9 heteroatoms. The van der Waals surface area contributed by atoms with Crippen LogP contribution in [0.5, 0.6) is 0 Å². The average Bonchev–Trinajstić information content (AvgIpc) is 3.37. The number of pyridine rings is 1. The molecule has 5 rings (SSSR count). The highest BCUT2D eigenvalue weighted by atomic mass is 32.1. The van der Waals surface area contributed by atoms with Gasteiger partial charge in [0, 0.05) is 5.56 Å². The molecule has 1 aromatic carbocycles. The number of hydrogen-bond acceptors (Lipinski definition) is 8. The smallest absolute Gasteiger partial charge is 0.164 e. The van der Waals surface area contributed by atoms with Gasteiger partial charge in [-0.05, 0) is 41.0 Å². The van der Waals surface area contributed by atoms with Crippen LogP contribution in [0, 0.1) is 16.0 Å². The predicted octanol–water partition coefficient (Wildman–Crippen LogP) is 2.56. The molecule has 33 heavy (non-hydrogen) atoms. The normalized spacial score (nSPS) is 26.3. The molecule has 1 saturated heterocycles. The van der Waals surface area contributed by atoms with Crippen molar-refractivity contribution < 1.29 is 25.2 Å². The van der Waals surface area contributed by atoms with E-state index in [0.29, 0.717) is 17.7 Å². The molecular weight excluding hydrogens is 460 g/mol. The zero-order valence-corrected chi connectivity index (χ0v) is 19.1. The van der Waals surface area contributed by atoms with Crippen LogP contribution in [0.4, 0.5) is 0 Å². The van der Waals surface area contributed by atoms with E-state index < -0.39 is 37.3 Å². The second-order valence-electron chi connectivity index (χ2n) is 8.22. The third-order valence-corrected chi connectivity index (χ3v) is 7.71. The number of aryl methyl sites for hydroxylation is 1. The first-order chi connectivity index (χ1) is 16.0. The van der Waals surface area contributed by atoms with Crippen LogP contribution < -0.4 is 0 Å². The van der Waals surface area contributed by atoms with Gasteiger partial charge in [0.25, 0.3) is 0 Å². The quantitative estimate of drug-likeness (QED) is 0.424. The van der Waals surface area contributed by atoms with Gasteiger partial charge in [0.05, 0.1) is 22.7 Å². The van der Waals surface area contributed by atoms with Crippen LogP contribution in [0.25, 0.3) is 21.7 Å². The second-order valence-corrected chi connectivity index (χ2v) is 9.55. The van der Waals surface area contributed by atoms with Gasteiger partial charge in [-0.15, -0.1) is 11.3 Å². The maximum absolute atomic E-state index is 10.9. The Kier molecular flexibility index (Phi) is 5.93. The molecule has 1 aliphatic heterocycles. The van der Waals surface area contributed by atoms with Crippen molar-refractivity contribution in [1.82, 2.24) is 4.57 Å². The Morgan fingerprint density at radius 3 is 2.58 bits per heavy atom. The number of aromatic nitrogens is 1. The lowest BCUT2D eigenvalue weighted by molar-refractivity contribution is -0.251. The summed E-state index contributed by atoms with van der Waals surface area (Å²) in [5, 5.41) is 53.3. The number of aliphatic hydroxyl groups excluding tert-OH is 4. The zero-order valence-electron chi connectivity index (χ0n) is 17.5. The lowest BCUT2D eigenvalue weighted by Gasteiger charge is -2.42. The summed E-state index contributed by atoms with van der Waals surface area (Å²) in [7, 11) is 0. The fourth-order valence-corrected chi connectivity index (χ4v) is 5.99. The summed E-state index contributed by atoms with van der Waals surface area (Å²) in [5.74, 6) is 0. The van der Waals surface area contributed by atoms with Gasteiger partial charge in [0.2, 0.25) is 0 Å². The Morgan fingerprint density at radius 1 is 1.09 bits per heavy atom. The standard InChI is InChI=1S/C24H22N2O5S2/c25-10-15-18-13-5-2-1-4-12(13)7-8-14(18)19(17-6-3-9-33-17)26(24(15)32)23-22(30)21(29)20(28)16(11-27)31-23/h1-6,9,16,20-23,27-30H,7-8,11H2/t16-,20-,21+,22-,23-/m1/s1. The van der Waals surface area contributed by atoms with E-state index in [-0.39, 0.29) is 4.64 Å². The van der Waals surface area contributed by atoms with Crippen LogP contribution in [0.1, 0.15) is 22.9 Å². The van der Waals surface area contributed by atoms with Gasteiger partial charge >= 0.3 is 0 Å². The number of aliphatic hydroxyl groups is 4. The van der Waals surface area contributed by atoms with Crippen molar-refractivity contribution >= 4 is 23.6 Å². The highest BCUT2D eigenvalue weighted by molar-refractivity contribution is 7.71. The van der Waals surface area contributed by atoms with E-state index in [1.165, 1.54) is 11.3 Å². The minimum atomic E-state index is -1.55. The second kappa shape index (κ2) is 8.74. The molecule has 0 radical (unpaired) electrons. The van der Waals surface area contributed by atoms with Gasteiger partial charge in [-0.25, -0.2) is 0 Å². The molecule has 1 fully saturated rings. The van der Waals surface area contributed by atoms with Crippen molar-refractivity contribution in [1.29, 1.82) is 5.26 Å². The Balaban J connectivity index is 1.84. The van der Waals surface area contributed by atoms with Gasteiger partial charge in [-0.2, -0.15) is 5.26 Å². The molecule has 0 spiro atoms. The molecule has 170 valence electrons. The van der Waals surface area contributed by atoms with Gasteiger partial charge in [0.15, 0.2) is 6.23 Å². The fourth-order valence-electron chi connectivity index (χ4n) is 4.85. The average molecular weight is 483 g/mol. The summed E-state index contributed by atoms with van der Waals surface area (Å²) in [6.45, 7) is -0.549. The molecule has 3 aromatic rings. The Hall–Kier alpha value is -2.42. The molecular formula is C24H22N2O5S2. The summed E-state index contributed by atoms with van der Waals surface area (Å²) in [4.78, 5) is 0.873. The Labute approximate surface area is 199 Å². The Bertz CT molecular complexity index is 1300. The van der Waals surface area contributed by atoms with Crippen LogP contribution in [0.15, 0.2) is 41.8 Å². The Morgan fingerprint density at radius 2 is 1.88 bits per heavy atom. The molecule has 2 aliphatic rings. The predicted molar refractivity (Wildman–Crippen MR) is 125 cm³/mol. The SMILES string of the molecule is N#Cc1c2c(c(-c3cccs3)n([C@@H]3O[C@H](CO)[C@@H](O)[C@H](O)[C@H]3O)c1=S)CCc1ccccc1-2.